The van der Waals surface area contributed by atoms with E-state index in [2.05, 4.69) is 39.9 Å². The number of carbonyl (C=O) groups excluding carboxylic acids is 1. The summed E-state index contributed by atoms with van der Waals surface area (Å²) in [6, 6.07) is 0.355. The number of nitrogens with zero attached hydrogens (tertiary/aromatic N) is 2. The topological polar surface area (TPSA) is 46.9 Å². The molecule has 0 radical (unpaired) electrons. The van der Waals surface area contributed by atoms with Crippen molar-refractivity contribution in [2.24, 2.45) is 13.0 Å². The zero-order valence-corrected chi connectivity index (χ0v) is 11.0. The van der Waals surface area contributed by atoms with Gasteiger partial charge in [-0.1, -0.05) is 6.92 Å². The molecule has 15 heavy (non-hydrogen) atoms. The van der Waals surface area contributed by atoms with Crippen molar-refractivity contribution in [1.82, 2.24) is 15.1 Å². The minimum Gasteiger partial charge on any atom is -0.349 e. The number of carbonyl (C=O) groups is 1. The first-order valence-corrected chi connectivity index (χ1v) is 6.16. The lowest BCUT2D eigenvalue weighted by Gasteiger charge is -2.34. The second kappa shape index (κ2) is 4.11. The van der Waals surface area contributed by atoms with E-state index in [0.717, 1.165) is 10.1 Å². The van der Waals surface area contributed by atoms with Gasteiger partial charge in [0.1, 0.15) is 3.70 Å². The summed E-state index contributed by atoms with van der Waals surface area (Å²) in [6.07, 6.45) is 3.94. The van der Waals surface area contributed by atoms with E-state index >= 15 is 0 Å². The second-order valence-corrected chi connectivity index (χ2v) is 5.13. The number of rotatable bonds is 2. The molecule has 82 valence electrons. The van der Waals surface area contributed by atoms with Crippen LogP contribution in [-0.2, 0) is 7.05 Å². The van der Waals surface area contributed by atoms with Crippen molar-refractivity contribution >= 4 is 28.5 Å². The Hall–Kier alpha value is -0.590. The van der Waals surface area contributed by atoms with E-state index in [9.17, 15) is 4.79 Å². The van der Waals surface area contributed by atoms with Crippen LogP contribution in [0.2, 0.25) is 0 Å². The summed E-state index contributed by atoms with van der Waals surface area (Å²) < 4.78 is 2.59. The molecular formula is C10H14IN3O. The highest BCUT2D eigenvalue weighted by atomic mass is 127. The van der Waals surface area contributed by atoms with Crippen molar-refractivity contribution in [2.45, 2.75) is 25.8 Å². The number of hydrogen-bond donors (Lipinski definition) is 1. The van der Waals surface area contributed by atoms with Crippen LogP contribution in [0.15, 0.2) is 6.20 Å². The normalized spacial score (nSPS) is 24.7. The van der Waals surface area contributed by atoms with E-state index in [-0.39, 0.29) is 5.91 Å². The molecule has 1 heterocycles. The molecule has 1 saturated carbocycles. The lowest BCUT2D eigenvalue weighted by Crippen LogP contribution is -2.45. The molecule has 4 nitrogen and oxygen atoms in total. The second-order valence-electron chi connectivity index (χ2n) is 4.11. The van der Waals surface area contributed by atoms with Crippen LogP contribution in [0.25, 0.3) is 0 Å². The Kier molecular flexibility index (Phi) is 2.99. The maximum absolute atomic E-state index is 11.9. The number of nitrogens with one attached hydrogen (secondary N) is 1. The maximum Gasteiger partial charge on any atom is 0.255 e. The molecule has 1 aliphatic carbocycles. The summed E-state index contributed by atoms with van der Waals surface area (Å²) >= 11 is 2.14. The Morgan fingerprint density at radius 3 is 2.80 bits per heavy atom. The number of aromatic nitrogens is 2. The molecule has 2 atom stereocenters. The third kappa shape index (κ3) is 2.02. The Morgan fingerprint density at radius 1 is 1.67 bits per heavy atom. The van der Waals surface area contributed by atoms with Crippen molar-refractivity contribution < 1.29 is 4.79 Å². The zero-order chi connectivity index (χ0) is 11.0. The van der Waals surface area contributed by atoms with Gasteiger partial charge in [-0.25, -0.2) is 0 Å². The Morgan fingerprint density at radius 2 is 2.40 bits per heavy atom. The van der Waals surface area contributed by atoms with Crippen molar-refractivity contribution in [3.05, 3.63) is 15.5 Å². The molecule has 1 aliphatic rings. The number of aryl methyl sites for hydroxylation is 1. The van der Waals surface area contributed by atoms with Crippen LogP contribution in [-0.4, -0.2) is 21.7 Å². The van der Waals surface area contributed by atoms with E-state index < -0.39 is 0 Å². The van der Waals surface area contributed by atoms with Crippen molar-refractivity contribution in [2.75, 3.05) is 0 Å². The van der Waals surface area contributed by atoms with Gasteiger partial charge in [-0.3, -0.25) is 9.48 Å². The molecule has 0 aromatic carbocycles. The number of hydrogen-bond acceptors (Lipinski definition) is 2. The van der Waals surface area contributed by atoms with Crippen LogP contribution < -0.4 is 5.32 Å². The van der Waals surface area contributed by atoms with Crippen molar-refractivity contribution in [3.63, 3.8) is 0 Å². The average Bonchev–Trinajstić information content (AvgIpc) is 2.54. The highest BCUT2D eigenvalue weighted by molar-refractivity contribution is 14.1. The minimum absolute atomic E-state index is 0.00375. The molecule has 0 bridgehead atoms. The molecule has 2 unspecified atom stereocenters. The molecule has 0 spiro atoms. The van der Waals surface area contributed by atoms with E-state index in [1.165, 1.54) is 6.42 Å². The van der Waals surface area contributed by atoms with Gasteiger partial charge in [0, 0.05) is 13.1 Å². The van der Waals surface area contributed by atoms with Gasteiger partial charge in [0.2, 0.25) is 0 Å². The van der Waals surface area contributed by atoms with E-state index in [0.29, 0.717) is 17.5 Å². The third-order valence-corrected chi connectivity index (χ3v) is 4.33. The number of halogens is 1. The van der Waals surface area contributed by atoms with Crippen LogP contribution in [0, 0.1) is 9.62 Å². The predicted octanol–water partition coefficient (Wildman–Crippen LogP) is 1.55. The van der Waals surface area contributed by atoms with E-state index in [1.807, 2.05) is 7.05 Å². The fraction of sp³-hybridized carbons (Fsp3) is 0.600. The van der Waals surface area contributed by atoms with Gasteiger partial charge in [-0.05, 0) is 41.4 Å². The van der Waals surface area contributed by atoms with Gasteiger partial charge in [-0.2, -0.15) is 5.10 Å². The first-order valence-electron chi connectivity index (χ1n) is 5.08. The monoisotopic (exact) mass is 319 g/mol. The Balaban J connectivity index is 2.05. The van der Waals surface area contributed by atoms with Crippen LogP contribution in [0.5, 0.6) is 0 Å². The number of amides is 1. The summed E-state index contributed by atoms with van der Waals surface area (Å²) in [4.78, 5) is 11.9. The molecular weight excluding hydrogens is 305 g/mol. The molecule has 0 aliphatic heterocycles. The van der Waals surface area contributed by atoms with Gasteiger partial charge >= 0.3 is 0 Å². The molecule has 5 heteroatoms. The quantitative estimate of drug-likeness (QED) is 0.841. The molecule has 2 rings (SSSR count). The fourth-order valence-electron chi connectivity index (χ4n) is 1.70. The molecule has 1 amide bonds. The predicted molar refractivity (Wildman–Crippen MR) is 65.6 cm³/mol. The zero-order valence-electron chi connectivity index (χ0n) is 8.83. The van der Waals surface area contributed by atoms with Crippen LogP contribution >= 0.6 is 22.6 Å². The molecule has 1 aromatic rings. The van der Waals surface area contributed by atoms with Gasteiger partial charge in [0.05, 0.1) is 11.8 Å². The van der Waals surface area contributed by atoms with Crippen LogP contribution in [0.3, 0.4) is 0 Å². The summed E-state index contributed by atoms with van der Waals surface area (Å²) in [5, 5.41) is 7.10. The SMILES string of the molecule is CC1CCC1NC(=O)c1cnn(C)c1I. The molecule has 0 saturated heterocycles. The third-order valence-electron chi connectivity index (χ3n) is 3.05. The maximum atomic E-state index is 11.9. The highest BCUT2D eigenvalue weighted by Crippen LogP contribution is 2.26. The first-order chi connectivity index (χ1) is 7.09. The van der Waals surface area contributed by atoms with E-state index in [4.69, 9.17) is 0 Å². The van der Waals surface area contributed by atoms with Gasteiger partial charge < -0.3 is 5.32 Å². The summed E-state index contributed by atoms with van der Waals surface area (Å²) in [5.41, 5.74) is 0.678. The van der Waals surface area contributed by atoms with E-state index in [1.54, 1.807) is 10.9 Å². The summed E-state index contributed by atoms with van der Waals surface area (Å²) in [6.45, 7) is 2.17. The lowest BCUT2D eigenvalue weighted by molar-refractivity contribution is 0.0883. The smallest absolute Gasteiger partial charge is 0.255 e. The Labute approximate surface area is 103 Å². The van der Waals surface area contributed by atoms with Crippen LogP contribution in [0.4, 0.5) is 0 Å². The van der Waals surface area contributed by atoms with Gasteiger partial charge in [-0.15, -0.1) is 0 Å². The van der Waals surface area contributed by atoms with Crippen molar-refractivity contribution in [3.8, 4) is 0 Å². The highest BCUT2D eigenvalue weighted by Gasteiger charge is 2.29. The summed E-state index contributed by atoms with van der Waals surface area (Å²) in [7, 11) is 1.84. The minimum atomic E-state index is 0.00375. The molecule has 1 N–H and O–H groups in total. The largest absolute Gasteiger partial charge is 0.349 e. The summed E-state index contributed by atoms with van der Waals surface area (Å²) in [5.74, 6) is 0.618. The molecule has 1 aromatic heterocycles. The standard InChI is InChI=1S/C10H14IN3O/c1-6-3-4-8(6)13-10(15)7-5-12-14(2)9(7)11/h5-6,8H,3-4H2,1-2H3,(H,13,15). The first kappa shape index (κ1) is 10.9. The van der Waals surface area contributed by atoms with Crippen molar-refractivity contribution in [1.29, 1.82) is 0 Å². The Bertz CT molecular complexity index is 388. The van der Waals surface area contributed by atoms with Crippen LogP contribution in [0.1, 0.15) is 30.1 Å². The lowest BCUT2D eigenvalue weighted by atomic mass is 9.81. The average molecular weight is 319 g/mol. The van der Waals surface area contributed by atoms with Gasteiger partial charge in [0.25, 0.3) is 5.91 Å². The fourth-order valence-corrected chi connectivity index (χ4v) is 2.21. The van der Waals surface area contributed by atoms with Gasteiger partial charge in [0.15, 0.2) is 0 Å². The molecule has 1 fully saturated rings.